The van der Waals surface area contributed by atoms with Gasteiger partial charge >= 0.3 is 0 Å². The van der Waals surface area contributed by atoms with Gasteiger partial charge in [-0.2, -0.15) is 0 Å². The van der Waals surface area contributed by atoms with Crippen LogP contribution in [0.4, 0.5) is 0 Å². The summed E-state index contributed by atoms with van der Waals surface area (Å²) in [7, 11) is 0. The molecule has 7 heteroatoms. The molecule has 8 N–H and O–H groups in total. The van der Waals surface area contributed by atoms with Crippen LogP contribution < -0.4 is 0 Å². The van der Waals surface area contributed by atoms with Gasteiger partial charge in [0.25, 0.3) is 0 Å². The van der Waals surface area contributed by atoms with Gasteiger partial charge in [0.1, 0.15) is 24.4 Å². The fraction of sp³-hybridized carbons (Fsp3) is 0.778. The number of aliphatic hydroxyl groups excluding tert-OH is 6. The predicted molar refractivity (Wildman–Crippen MR) is 94.9 cm³/mol. The molecule has 1 aliphatic rings. The van der Waals surface area contributed by atoms with Gasteiger partial charge in [-0.3, -0.25) is 0 Å². The lowest BCUT2D eigenvalue weighted by Gasteiger charge is -2.35. The first-order valence-electron chi connectivity index (χ1n) is 8.86. The fourth-order valence-corrected chi connectivity index (χ4v) is 2.96. The Morgan fingerprint density at radius 1 is 0.920 bits per heavy atom. The van der Waals surface area contributed by atoms with E-state index < -0.39 is 37.1 Å². The summed E-state index contributed by atoms with van der Waals surface area (Å²) < 4.78 is 0. The van der Waals surface area contributed by atoms with E-state index in [4.69, 9.17) is 0 Å². The fourth-order valence-electron chi connectivity index (χ4n) is 2.96. The Morgan fingerprint density at radius 2 is 1.48 bits per heavy atom. The SMILES string of the molecule is CCCCCCCC[C@H](O)/C=C/C1=C(CO)[C@@H](O)[C@H](O)[C@@H](O)[C@@H]1O.O. The zero-order valence-corrected chi connectivity index (χ0v) is 14.9. The summed E-state index contributed by atoms with van der Waals surface area (Å²) in [5.74, 6) is 0. The first-order chi connectivity index (χ1) is 11.4. The normalized spacial score (nSPS) is 28.3. The van der Waals surface area contributed by atoms with Crippen molar-refractivity contribution in [1.29, 1.82) is 0 Å². The van der Waals surface area contributed by atoms with Gasteiger partial charge in [0.2, 0.25) is 0 Å². The van der Waals surface area contributed by atoms with Gasteiger partial charge in [0.05, 0.1) is 12.7 Å². The number of hydrogen-bond donors (Lipinski definition) is 6. The molecule has 0 fully saturated rings. The largest absolute Gasteiger partial charge is 0.412 e. The van der Waals surface area contributed by atoms with Crippen molar-refractivity contribution in [3.63, 3.8) is 0 Å². The molecule has 0 radical (unpaired) electrons. The second-order valence-corrected chi connectivity index (χ2v) is 6.49. The molecule has 0 unspecified atom stereocenters. The van der Waals surface area contributed by atoms with E-state index in [1.807, 2.05) is 0 Å². The molecule has 0 heterocycles. The predicted octanol–water partition coefficient (Wildman–Crippen LogP) is -0.425. The maximum Gasteiger partial charge on any atom is 0.113 e. The van der Waals surface area contributed by atoms with Crippen molar-refractivity contribution < 1.29 is 36.1 Å². The molecule has 0 aromatic carbocycles. The first kappa shape index (κ1) is 24.2. The summed E-state index contributed by atoms with van der Waals surface area (Å²) in [5, 5.41) is 58.6. The summed E-state index contributed by atoms with van der Waals surface area (Å²) in [5.41, 5.74) is 0.202. The van der Waals surface area contributed by atoms with Crippen LogP contribution in [0.3, 0.4) is 0 Å². The molecule has 7 nitrogen and oxygen atoms in total. The van der Waals surface area contributed by atoms with Gasteiger partial charge in [0.15, 0.2) is 0 Å². The van der Waals surface area contributed by atoms with E-state index in [0.717, 1.165) is 19.3 Å². The lowest BCUT2D eigenvalue weighted by molar-refractivity contribution is -0.0979. The van der Waals surface area contributed by atoms with Crippen molar-refractivity contribution >= 4 is 0 Å². The standard InChI is InChI=1S/C18H32O6.H2O/c1-2-3-4-5-6-7-8-12(20)9-10-13-14(11-19)16(22)18(24)17(23)15(13)21;/h9-10,12,15-24H,2-8,11H2,1H3;1H2/b10-9+;/t12-,15+,16+,17-,18-;/m0./s1. The zero-order chi connectivity index (χ0) is 18.1. The van der Waals surface area contributed by atoms with Gasteiger partial charge < -0.3 is 36.1 Å². The van der Waals surface area contributed by atoms with Crippen LogP contribution in [-0.2, 0) is 0 Å². The molecule has 25 heavy (non-hydrogen) atoms. The minimum Gasteiger partial charge on any atom is -0.412 e. The van der Waals surface area contributed by atoms with E-state index >= 15 is 0 Å². The highest BCUT2D eigenvalue weighted by Crippen LogP contribution is 2.27. The molecule has 5 atom stereocenters. The Labute approximate surface area is 149 Å². The van der Waals surface area contributed by atoms with Crippen LogP contribution in [0.5, 0.6) is 0 Å². The summed E-state index contributed by atoms with van der Waals surface area (Å²) in [6.45, 7) is 1.62. The van der Waals surface area contributed by atoms with Gasteiger partial charge in [-0.25, -0.2) is 0 Å². The highest BCUT2D eigenvalue weighted by molar-refractivity contribution is 5.37. The summed E-state index contributed by atoms with van der Waals surface area (Å²) in [6.07, 6.45) is 3.59. The maximum atomic E-state index is 10.0. The van der Waals surface area contributed by atoms with Gasteiger partial charge in [-0.15, -0.1) is 0 Å². The van der Waals surface area contributed by atoms with Crippen LogP contribution in [0.15, 0.2) is 23.3 Å². The minimum absolute atomic E-state index is 0. The molecule has 0 aliphatic heterocycles. The Bertz CT molecular complexity index is 422. The van der Waals surface area contributed by atoms with Crippen LogP contribution >= 0.6 is 0 Å². The van der Waals surface area contributed by atoms with E-state index in [0.29, 0.717) is 6.42 Å². The van der Waals surface area contributed by atoms with Crippen molar-refractivity contribution in [2.75, 3.05) is 6.61 Å². The topological polar surface area (TPSA) is 153 Å². The van der Waals surface area contributed by atoms with Crippen molar-refractivity contribution in [2.24, 2.45) is 0 Å². The molecule has 1 aliphatic carbocycles. The zero-order valence-electron chi connectivity index (χ0n) is 14.9. The van der Waals surface area contributed by atoms with E-state index in [2.05, 4.69) is 6.92 Å². The van der Waals surface area contributed by atoms with E-state index in [1.54, 1.807) is 0 Å². The van der Waals surface area contributed by atoms with Crippen molar-refractivity contribution in [3.8, 4) is 0 Å². The van der Waals surface area contributed by atoms with E-state index in [-0.39, 0.29) is 16.6 Å². The number of hydrogen-bond acceptors (Lipinski definition) is 6. The number of rotatable bonds is 10. The van der Waals surface area contributed by atoms with Gasteiger partial charge in [-0.05, 0) is 17.6 Å². The molecule has 1 rings (SSSR count). The second-order valence-electron chi connectivity index (χ2n) is 6.49. The monoisotopic (exact) mass is 362 g/mol. The third-order valence-electron chi connectivity index (χ3n) is 4.57. The molecule has 0 amide bonds. The molecule has 0 spiro atoms. The molecule has 0 aromatic heterocycles. The van der Waals surface area contributed by atoms with E-state index in [9.17, 15) is 30.6 Å². The first-order valence-corrected chi connectivity index (χ1v) is 8.86. The van der Waals surface area contributed by atoms with Gasteiger partial charge in [0, 0.05) is 0 Å². The number of aliphatic hydroxyl groups is 6. The van der Waals surface area contributed by atoms with Crippen LogP contribution in [0.2, 0.25) is 0 Å². The highest BCUT2D eigenvalue weighted by Gasteiger charge is 2.40. The molecule has 148 valence electrons. The van der Waals surface area contributed by atoms with Crippen LogP contribution in [0.25, 0.3) is 0 Å². The summed E-state index contributed by atoms with van der Waals surface area (Å²) in [6, 6.07) is 0. The van der Waals surface area contributed by atoms with Crippen LogP contribution in [0.1, 0.15) is 51.9 Å². The molecule has 0 saturated carbocycles. The van der Waals surface area contributed by atoms with Crippen LogP contribution in [0, 0.1) is 0 Å². The average molecular weight is 362 g/mol. The molecule has 0 saturated heterocycles. The lowest BCUT2D eigenvalue weighted by atomic mass is 9.83. The maximum absolute atomic E-state index is 10.0. The third kappa shape index (κ3) is 7.15. The average Bonchev–Trinajstić information content (AvgIpc) is 2.58. The Hall–Kier alpha value is -0.800. The van der Waals surface area contributed by atoms with Crippen molar-refractivity contribution in [1.82, 2.24) is 0 Å². The van der Waals surface area contributed by atoms with Crippen molar-refractivity contribution in [3.05, 3.63) is 23.3 Å². The third-order valence-corrected chi connectivity index (χ3v) is 4.57. The Kier molecular flexibility index (Phi) is 12.1. The van der Waals surface area contributed by atoms with Crippen LogP contribution in [-0.4, -0.2) is 73.2 Å². The van der Waals surface area contributed by atoms with Gasteiger partial charge in [-0.1, -0.05) is 57.6 Å². The molecular formula is C18H34O7. The van der Waals surface area contributed by atoms with E-state index in [1.165, 1.54) is 31.4 Å². The Balaban J connectivity index is 0.00000576. The second kappa shape index (κ2) is 12.5. The Morgan fingerprint density at radius 3 is 2.08 bits per heavy atom. The quantitative estimate of drug-likeness (QED) is 0.290. The minimum atomic E-state index is -1.55. The highest BCUT2D eigenvalue weighted by atomic mass is 16.4. The molecular weight excluding hydrogens is 328 g/mol. The lowest BCUT2D eigenvalue weighted by Crippen LogP contribution is -2.51. The summed E-state index contributed by atoms with van der Waals surface area (Å²) >= 11 is 0. The molecule has 0 aromatic rings. The number of unbranched alkanes of at least 4 members (excludes halogenated alkanes) is 5. The smallest absolute Gasteiger partial charge is 0.113 e. The molecule has 0 bridgehead atoms. The summed E-state index contributed by atoms with van der Waals surface area (Å²) in [4.78, 5) is 0. The van der Waals surface area contributed by atoms with Crippen molar-refractivity contribution in [2.45, 2.75) is 82.4 Å².